The van der Waals surface area contributed by atoms with Crippen LogP contribution in [0.4, 0.5) is 19.0 Å². The van der Waals surface area contributed by atoms with Gasteiger partial charge in [0.05, 0.1) is 30.7 Å². The maximum absolute atomic E-state index is 13.3. The van der Waals surface area contributed by atoms with E-state index in [1.165, 1.54) is 10.1 Å². The quantitative estimate of drug-likeness (QED) is 0.330. The molecule has 1 aliphatic heterocycles. The molecule has 0 saturated heterocycles. The molecule has 1 fully saturated rings. The van der Waals surface area contributed by atoms with Crippen LogP contribution in [0.1, 0.15) is 67.0 Å². The fraction of sp³-hybridized carbons (Fsp3) is 0.444. The van der Waals surface area contributed by atoms with Crippen LogP contribution in [0.5, 0.6) is 5.88 Å². The van der Waals surface area contributed by atoms with Crippen LogP contribution in [0.25, 0.3) is 17.1 Å². The second-order valence-electron chi connectivity index (χ2n) is 10.3. The van der Waals surface area contributed by atoms with Gasteiger partial charge in [0.15, 0.2) is 5.69 Å². The van der Waals surface area contributed by atoms with Crippen LogP contribution in [-0.4, -0.2) is 47.9 Å². The van der Waals surface area contributed by atoms with Gasteiger partial charge in [0.1, 0.15) is 23.7 Å². The summed E-state index contributed by atoms with van der Waals surface area (Å²) in [6, 6.07) is 3.43. The minimum atomic E-state index is -4.51. The Morgan fingerprint density at radius 1 is 1.10 bits per heavy atom. The molecular formula is C27H29F3N8O. The number of imidazole rings is 1. The summed E-state index contributed by atoms with van der Waals surface area (Å²) in [4.78, 5) is 19.6. The minimum absolute atomic E-state index is 0.188. The Morgan fingerprint density at radius 2 is 1.90 bits per heavy atom. The highest BCUT2D eigenvalue weighted by Crippen LogP contribution is 2.44. The molecule has 0 N–H and O–H groups in total. The maximum Gasteiger partial charge on any atom is 0.434 e. The van der Waals surface area contributed by atoms with Crippen molar-refractivity contribution in [3.05, 3.63) is 59.2 Å². The SMILES string of the molecule is COc1ncnc(C2CC2)c1-n1nc(C)c2c1CN(c1ccc(-c3nc(C(F)(F)F)cn3C(C)C)cn1)CC2. The molecule has 0 spiro atoms. The van der Waals surface area contributed by atoms with Crippen molar-refractivity contribution in [1.82, 2.24) is 34.3 Å². The monoisotopic (exact) mass is 538 g/mol. The lowest BCUT2D eigenvalue weighted by Gasteiger charge is -2.29. The van der Waals surface area contributed by atoms with Gasteiger partial charge in [0.2, 0.25) is 5.88 Å². The van der Waals surface area contributed by atoms with Gasteiger partial charge in [0.25, 0.3) is 0 Å². The van der Waals surface area contributed by atoms with Crippen molar-refractivity contribution in [2.24, 2.45) is 0 Å². The van der Waals surface area contributed by atoms with Crippen molar-refractivity contribution in [2.45, 2.75) is 64.7 Å². The van der Waals surface area contributed by atoms with Crippen LogP contribution in [0, 0.1) is 6.92 Å². The number of alkyl halides is 3. The third kappa shape index (κ3) is 4.51. The van der Waals surface area contributed by atoms with E-state index >= 15 is 0 Å². The van der Waals surface area contributed by atoms with Gasteiger partial charge < -0.3 is 14.2 Å². The molecule has 9 nitrogen and oxygen atoms in total. The van der Waals surface area contributed by atoms with Crippen molar-refractivity contribution in [2.75, 3.05) is 18.6 Å². The van der Waals surface area contributed by atoms with Crippen LogP contribution in [0.15, 0.2) is 30.9 Å². The molecule has 1 aliphatic carbocycles. The van der Waals surface area contributed by atoms with E-state index in [0.29, 0.717) is 23.9 Å². The second kappa shape index (κ2) is 9.35. The summed E-state index contributed by atoms with van der Waals surface area (Å²) < 4.78 is 49.1. The molecule has 2 aliphatic rings. The number of hydrogen-bond donors (Lipinski definition) is 0. The van der Waals surface area contributed by atoms with Gasteiger partial charge >= 0.3 is 6.18 Å². The van der Waals surface area contributed by atoms with Crippen LogP contribution in [0.2, 0.25) is 0 Å². The van der Waals surface area contributed by atoms with E-state index in [1.807, 2.05) is 31.5 Å². The fourth-order valence-electron chi connectivity index (χ4n) is 5.20. The summed E-state index contributed by atoms with van der Waals surface area (Å²) >= 11 is 0. The molecule has 0 amide bonds. The third-order valence-electron chi connectivity index (χ3n) is 7.36. The van der Waals surface area contributed by atoms with Gasteiger partial charge in [-0.05, 0) is 52.2 Å². The first-order valence-electron chi connectivity index (χ1n) is 13.0. The lowest BCUT2D eigenvalue weighted by molar-refractivity contribution is -0.140. The first-order chi connectivity index (χ1) is 18.7. The second-order valence-corrected chi connectivity index (χ2v) is 10.3. The number of fused-ring (bicyclic) bond motifs is 1. The first kappa shape index (κ1) is 25.3. The average molecular weight is 539 g/mol. The Kier molecular flexibility index (Phi) is 6.07. The standard InChI is InChI=1S/C27H29F3N8O/c1-15(2)37-13-21(27(28,29)30)34-25(37)18-7-8-22(31-11-18)36-10-9-19-16(3)35-38(20(19)12-36)24-23(17-5-6-17)32-14-33-26(24)39-4/h7-8,11,13-15,17H,5-6,9-10,12H2,1-4H3. The molecule has 0 unspecified atom stereocenters. The summed E-state index contributed by atoms with van der Waals surface area (Å²) in [5, 5.41) is 4.88. The number of rotatable bonds is 6. The molecule has 1 saturated carbocycles. The zero-order valence-corrected chi connectivity index (χ0v) is 22.2. The van der Waals surface area contributed by atoms with E-state index in [4.69, 9.17) is 9.84 Å². The number of aromatic nitrogens is 7. The van der Waals surface area contributed by atoms with Gasteiger partial charge in [-0.1, -0.05) is 0 Å². The van der Waals surface area contributed by atoms with E-state index < -0.39 is 11.9 Å². The first-order valence-corrected chi connectivity index (χ1v) is 13.0. The lowest BCUT2D eigenvalue weighted by Crippen LogP contribution is -2.32. The number of ether oxygens (including phenoxy) is 1. The number of hydrogen-bond acceptors (Lipinski definition) is 7. The highest BCUT2D eigenvalue weighted by Gasteiger charge is 2.36. The molecule has 204 valence electrons. The van der Waals surface area contributed by atoms with Crippen molar-refractivity contribution in [1.29, 1.82) is 0 Å². The Hall–Kier alpha value is -3.96. The average Bonchev–Trinajstić information content (AvgIpc) is 3.57. The molecule has 6 rings (SSSR count). The highest BCUT2D eigenvalue weighted by molar-refractivity contribution is 5.59. The summed E-state index contributed by atoms with van der Waals surface area (Å²) in [5.74, 6) is 1.85. The largest absolute Gasteiger partial charge is 0.479 e. The summed E-state index contributed by atoms with van der Waals surface area (Å²) in [6.07, 6.45) is 2.62. The molecule has 0 atom stereocenters. The van der Waals surface area contributed by atoms with Crippen LogP contribution in [0.3, 0.4) is 0 Å². The molecule has 0 radical (unpaired) electrons. The van der Waals surface area contributed by atoms with Gasteiger partial charge in [-0.3, -0.25) is 0 Å². The number of aryl methyl sites for hydroxylation is 1. The fourth-order valence-corrected chi connectivity index (χ4v) is 5.20. The summed E-state index contributed by atoms with van der Waals surface area (Å²) in [7, 11) is 1.60. The van der Waals surface area contributed by atoms with E-state index in [1.54, 1.807) is 25.7 Å². The number of pyridine rings is 1. The summed E-state index contributed by atoms with van der Waals surface area (Å²) in [6.45, 7) is 6.96. The van der Waals surface area contributed by atoms with Crippen LogP contribution >= 0.6 is 0 Å². The van der Waals surface area contributed by atoms with Crippen molar-refractivity contribution >= 4 is 5.82 Å². The Labute approximate surface area is 223 Å². The van der Waals surface area contributed by atoms with Gasteiger partial charge in [0, 0.05) is 42.0 Å². The molecule has 0 bridgehead atoms. The van der Waals surface area contributed by atoms with Crippen LogP contribution in [-0.2, 0) is 19.1 Å². The Morgan fingerprint density at radius 3 is 2.54 bits per heavy atom. The van der Waals surface area contributed by atoms with E-state index in [-0.39, 0.29) is 11.9 Å². The topological polar surface area (TPSA) is 86.8 Å². The number of anilines is 1. The molecule has 39 heavy (non-hydrogen) atoms. The predicted molar refractivity (Wildman–Crippen MR) is 138 cm³/mol. The predicted octanol–water partition coefficient (Wildman–Crippen LogP) is 5.28. The zero-order valence-electron chi connectivity index (χ0n) is 22.2. The highest BCUT2D eigenvalue weighted by atomic mass is 19.4. The number of halogens is 3. The summed E-state index contributed by atoms with van der Waals surface area (Å²) in [5.41, 5.74) is 4.54. The normalized spacial score (nSPS) is 15.6. The zero-order chi connectivity index (χ0) is 27.5. The molecular weight excluding hydrogens is 509 g/mol. The lowest BCUT2D eigenvalue weighted by atomic mass is 10.0. The molecule has 4 aromatic heterocycles. The molecule has 5 heterocycles. The van der Waals surface area contributed by atoms with Crippen molar-refractivity contribution < 1.29 is 17.9 Å². The van der Waals surface area contributed by atoms with Gasteiger partial charge in [-0.25, -0.2) is 19.6 Å². The maximum atomic E-state index is 13.3. The molecule has 12 heteroatoms. The van der Waals surface area contributed by atoms with Crippen molar-refractivity contribution in [3.8, 4) is 23.0 Å². The Balaban J connectivity index is 1.33. The van der Waals surface area contributed by atoms with Crippen molar-refractivity contribution in [3.63, 3.8) is 0 Å². The van der Waals surface area contributed by atoms with Crippen LogP contribution < -0.4 is 9.64 Å². The smallest absolute Gasteiger partial charge is 0.434 e. The minimum Gasteiger partial charge on any atom is -0.479 e. The third-order valence-corrected chi connectivity index (χ3v) is 7.36. The number of nitrogens with zero attached hydrogens (tertiary/aromatic N) is 8. The molecule has 4 aromatic rings. The van der Waals surface area contributed by atoms with E-state index in [9.17, 15) is 13.2 Å². The molecule has 0 aromatic carbocycles. The van der Waals surface area contributed by atoms with E-state index in [2.05, 4.69) is 24.8 Å². The Bertz CT molecular complexity index is 1520. The van der Waals surface area contributed by atoms with Gasteiger partial charge in [-0.15, -0.1) is 0 Å². The van der Waals surface area contributed by atoms with Gasteiger partial charge in [-0.2, -0.15) is 23.3 Å². The number of methoxy groups -OCH3 is 1. The van der Waals surface area contributed by atoms with E-state index in [0.717, 1.165) is 60.6 Å².